The van der Waals surface area contributed by atoms with Crippen LogP contribution < -0.4 is 18.9 Å². The van der Waals surface area contributed by atoms with Crippen LogP contribution in [0.15, 0.2) is 36.4 Å². The molecule has 1 aliphatic heterocycles. The molecule has 1 unspecified atom stereocenters. The average molecular weight is 439 g/mol. The Morgan fingerprint density at radius 2 is 1.78 bits per heavy atom. The largest absolute Gasteiger partial charge is 0.497 e. The number of aryl methyl sites for hydroxylation is 1. The van der Waals surface area contributed by atoms with E-state index in [2.05, 4.69) is 15.3 Å². The van der Waals surface area contributed by atoms with Crippen molar-refractivity contribution in [1.29, 1.82) is 0 Å². The van der Waals surface area contributed by atoms with Crippen LogP contribution in [0.4, 0.5) is 0 Å². The molecular formula is C22H25N5O5. The quantitative estimate of drug-likeness (QED) is 0.552. The first-order chi connectivity index (χ1) is 15.5. The van der Waals surface area contributed by atoms with Gasteiger partial charge in [-0.15, -0.1) is 10.2 Å². The van der Waals surface area contributed by atoms with Crippen LogP contribution in [0.1, 0.15) is 16.9 Å². The lowest BCUT2D eigenvalue weighted by atomic mass is 10.1. The van der Waals surface area contributed by atoms with Gasteiger partial charge in [0.05, 0.1) is 33.6 Å². The zero-order valence-corrected chi connectivity index (χ0v) is 18.4. The first kappa shape index (κ1) is 21.4. The molecule has 1 atom stereocenters. The first-order valence-corrected chi connectivity index (χ1v) is 10.1. The van der Waals surface area contributed by atoms with Crippen molar-refractivity contribution >= 4 is 5.91 Å². The van der Waals surface area contributed by atoms with Crippen molar-refractivity contribution in [2.24, 2.45) is 7.05 Å². The second-order valence-corrected chi connectivity index (χ2v) is 7.30. The smallest absolute Gasteiger partial charge is 0.272 e. The zero-order valence-electron chi connectivity index (χ0n) is 18.4. The van der Waals surface area contributed by atoms with Crippen molar-refractivity contribution in [2.45, 2.75) is 12.5 Å². The second-order valence-electron chi connectivity index (χ2n) is 7.30. The Kier molecular flexibility index (Phi) is 6.11. The molecule has 168 valence electrons. The third-order valence-electron chi connectivity index (χ3n) is 5.33. The number of benzene rings is 1. The van der Waals surface area contributed by atoms with Crippen molar-refractivity contribution in [2.75, 3.05) is 34.4 Å². The van der Waals surface area contributed by atoms with Crippen LogP contribution in [0.2, 0.25) is 0 Å². The minimum Gasteiger partial charge on any atom is -0.497 e. The summed E-state index contributed by atoms with van der Waals surface area (Å²) in [5, 5.41) is 12.4. The molecule has 0 aliphatic carbocycles. The maximum atomic E-state index is 13.2. The summed E-state index contributed by atoms with van der Waals surface area (Å²) in [5.41, 5.74) is 1.86. The molecule has 4 rings (SSSR count). The van der Waals surface area contributed by atoms with Gasteiger partial charge in [-0.1, -0.05) is 0 Å². The van der Waals surface area contributed by atoms with Crippen molar-refractivity contribution in [1.82, 2.24) is 24.9 Å². The lowest BCUT2D eigenvalue weighted by molar-refractivity contribution is 0.0760. The topological polar surface area (TPSA) is 101 Å². The summed E-state index contributed by atoms with van der Waals surface area (Å²) >= 11 is 0. The molecule has 10 nitrogen and oxygen atoms in total. The number of likely N-dealkylation sites (tertiary alicyclic amines) is 1. The summed E-state index contributed by atoms with van der Waals surface area (Å²) in [7, 11) is 6.47. The summed E-state index contributed by atoms with van der Waals surface area (Å²) < 4.78 is 23.2. The highest BCUT2D eigenvalue weighted by Gasteiger charge is 2.30. The van der Waals surface area contributed by atoms with Crippen LogP contribution >= 0.6 is 0 Å². The fourth-order valence-corrected chi connectivity index (χ4v) is 3.63. The van der Waals surface area contributed by atoms with Crippen LogP contribution in [-0.4, -0.2) is 71.3 Å². The Labute approximate surface area is 185 Å². The number of rotatable bonds is 7. The minimum atomic E-state index is -0.159. The van der Waals surface area contributed by atoms with Gasteiger partial charge in [-0.2, -0.15) is 5.10 Å². The average Bonchev–Trinajstić information content (AvgIpc) is 3.45. The SMILES string of the molecule is COc1ccc(OC)c(-c2cc(C(=O)N3CCC(Oc4ccc(OC)nn4)C3)n(C)n2)c1. The second kappa shape index (κ2) is 9.13. The molecule has 0 bridgehead atoms. The molecule has 2 aromatic heterocycles. The third kappa shape index (κ3) is 4.29. The van der Waals surface area contributed by atoms with E-state index in [4.69, 9.17) is 18.9 Å². The monoisotopic (exact) mass is 439 g/mol. The minimum absolute atomic E-state index is 0.111. The van der Waals surface area contributed by atoms with Crippen LogP contribution in [0.3, 0.4) is 0 Å². The third-order valence-corrected chi connectivity index (χ3v) is 5.33. The van der Waals surface area contributed by atoms with Gasteiger partial charge in [-0.25, -0.2) is 0 Å². The summed E-state index contributed by atoms with van der Waals surface area (Å²) in [6.07, 6.45) is 0.543. The van der Waals surface area contributed by atoms with E-state index in [0.29, 0.717) is 54.2 Å². The molecule has 32 heavy (non-hydrogen) atoms. The molecule has 1 amide bonds. The van der Waals surface area contributed by atoms with Gasteiger partial charge in [0.2, 0.25) is 11.8 Å². The van der Waals surface area contributed by atoms with Crippen molar-refractivity contribution in [3.63, 3.8) is 0 Å². The molecule has 1 aromatic carbocycles. The van der Waals surface area contributed by atoms with Gasteiger partial charge in [-0.05, 0) is 24.3 Å². The van der Waals surface area contributed by atoms with E-state index in [1.807, 2.05) is 18.2 Å². The maximum absolute atomic E-state index is 13.2. The van der Waals surface area contributed by atoms with E-state index in [-0.39, 0.29) is 12.0 Å². The zero-order chi connectivity index (χ0) is 22.7. The number of aromatic nitrogens is 4. The molecule has 0 N–H and O–H groups in total. The lowest BCUT2D eigenvalue weighted by Gasteiger charge is -2.16. The summed E-state index contributed by atoms with van der Waals surface area (Å²) in [5.74, 6) is 2.04. The molecule has 3 aromatic rings. The summed E-state index contributed by atoms with van der Waals surface area (Å²) in [6, 6.07) is 10.6. The van der Waals surface area contributed by atoms with Crippen LogP contribution in [0.5, 0.6) is 23.3 Å². The van der Waals surface area contributed by atoms with Crippen molar-refractivity contribution < 1.29 is 23.7 Å². The van der Waals surface area contributed by atoms with E-state index in [0.717, 1.165) is 5.56 Å². The van der Waals surface area contributed by atoms with Crippen molar-refractivity contribution in [3.8, 4) is 34.5 Å². The predicted octanol–water partition coefficient (Wildman–Crippen LogP) is 2.20. The van der Waals surface area contributed by atoms with E-state index in [1.165, 1.54) is 7.11 Å². The molecule has 3 heterocycles. The highest BCUT2D eigenvalue weighted by atomic mass is 16.5. The van der Waals surface area contributed by atoms with Gasteiger partial charge in [0.15, 0.2) is 0 Å². The molecule has 1 aliphatic rings. The molecular weight excluding hydrogens is 414 g/mol. The lowest BCUT2D eigenvalue weighted by Crippen LogP contribution is -2.32. The number of hydrogen-bond acceptors (Lipinski definition) is 8. The predicted molar refractivity (Wildman–Crippen MR) is 115 cm³/mol. The highest BCUT2D eigenvalue weighted by Crippen LogP contribution is 2.33. The Morgan fingerprint density at radius 1 is 1.00 bits per heavy atom. The van der Waals surface area contributed by atoms with Gasteiger partial charge < -0.3 is 23.8 Å². The maximum Gasteiger partial charge on any atom is 0.272 e. The van der Waals surface area contributed by atoms with Gasteiger partial charge in [0.1, 0.15) is 23.3 Å². The fraction of sp³-hybridized carbons (Fsp3) is 0.364. The van der Waals surface area contributed by atoms with Crippen LogP contribution in [0, 0.1) is 0 Å². The summed E-state index contributed by atoms with van der Waals surface area (Å²) in [6.45, 7) is 1.03. The number of amides is 1. The van der Waals surface area contributed by atoms with Crippen LogP contribution in [0.25, 0.3) is 11.3 Å². The first-order valence-electron chi connectivity index (χ1n) is 10.1. The number of nitrogens with zero attached hydrogens (tertiary/aromatic N) is 5. The molecule has 10 heteroatoms. The van der Waals surface area contributed by atoms with Gasteiger partial charge >= 0.3 is 0 Å². The molecule has 0 radical (unpaired) electrons. The molecule has 0 spiro atoms. The van der Waals surface area contributed by atoms with Crippen molar-refractivity contribution in [3.05, 3.63) is 42.1 Å². The molecule has 0 saturated carbocycles. The number of carbonyl (C=O) groups excluding carboxylic acids is 1. The van der Waals surface area contributed by atoms with E-state index in [9.17, 15) is 4.79 Å². The Morgan fingerprint density at radius 3 is 2.47 bits per heavy atom. The standard InChI is InChI=1S/C22H25N5O5/c1-26-18(12-17(25-26)16-11-14(29-2)5-6-19(16)30-3)22(28)27-10-9-15(13-27)32-21-8-7-20(31-4)23-24-21/h5-8,11-12,15H,9-10,13H2,1-4H3. The number of hydrogen-bond donors (Lipinski definition) is 0. The number of carbonyl (C=O) groups is 1. The van der Waals surface area contributed by atoms with Gasteiger partial charge in [0, 0.05) is 37.7 Å². The molecule has 1 saturated heterocycles. The Hall–Kier alpha value is -3.82. The van der Waals surface area contributed by atoms with E-state index in [1.54, 1.807) is 49.0 Å². The van der Waals surface area contributed by atoms with E-state index >= 15 is 0 Å². The number of ether oxygens (including phenoxy) is 4. The summed E-state index contributed by atoms with van der Waals surface area (Å²) in [4.78, 5) is 14.9. The fourth-order valence-electron chi connectivity index (χ4n) is 3.63. The Balaban J connectivity index is 1.48. The highest BCUT2D eigenvalue weighted by molar-refractivity contribution is 5.94. The Bertz CT molecular complexity index is 1100. The van der Waals surface area contributed by atoms with Gasteiger partial charge in [-0.3, -0.25) is 9.48 Å². The van der Waals surface area contributed by atoms with Crippen LogP contribution in [-0.2, 0) is 7.05 Å². The normalized spacial score (nSPS) is 15.5. The van der Waals surface area contributed by atoms with Gasteiger partial charge in [0.25, 0.3) is 5.91 Å². The van der Waals surface area contributed by atoms with E-state index < -0.39 is 0 Å². The number of methoxy groups -OCH3 is 3. The molecule has 1 fully saturated rings.